The Balaban J connectivity index is 1.83. The van der Waals surface area contributed by atoms with Crippen molar-refractivity contribution < 1.29 is 0 Å². The molecule has 1 heteroatoms. The maximum absolute atomic E-state index is 2.34. The van der Waals surface area contributed by atoms with E-state index in [1.165, 1.54) is 95.6 Å². The molecule has 1 saturated carbocycles. The van der Waals surface area contributed by atoms with Crippen LogP contribution in [0.15, 0.2) is 0 Å². The van der Waals surface area contributed by atoms with E-state index in [1.54, 1.807) is 0 Å². The van der Waals surface area contributed by atoms with Crippen LogP contribution < -0.4 is 0 Å². The van der Waals surface area contributed by atoms with Crippen LogP contribution in [0, 0.1) is 5.92 Å². The summed E-state index contributed by atoms with van der Waals surface area (Å²) in [5.41, 5.74) is 0. The van der Waals surface area contributed by atoms with E-state index >= 15 is 0 Å². The molecule has 0 aromatic heterocycles. The van der Waals surface area contributed by atoms with Crippen LogP contribution in [-0.4, -0.2) is 11.0 Å². The molecule has 18 heavy (non-hydrogen) atoms. The molecular weight excluding hydrogens is 236 g/mol. The molecule has 1 saturated heterocycles. The zero-order valence-electron chi connectivity index (χ0n) is 12.2. The molecule has 0 N–H and O–H groups in total. The van der Waals surface area contributed by atoms with Crippen molar-refractivity contribution in [3.63, 3.8) is 0 Å². The van der Waals surface area contributed by atoms with Crippen molar-refractivity contribution in [2.45, 2.75) is 95.1 Å². The monoisotopic (exact) mass is 268 g/mol. The van der Waals surface area contributed by atoms with Crippen LogP contribution in [0.2, 0.25) is 0 Å². The Morgan fingerprint density at radius 1 is 0.500 bits per heavy atom. The second-order valence-corrected chi connectivity index (χ2v) is 7.77. The lowest BCUT2D eigenvalue weighted by Crippen LogP contribution is -2.18. The molecule has 1 atom stereocenters. The minimum absolute atomic E-state index is 1.01. The third kappa shape index (κ3) is 5.55. The molecule has 2 aliphatic rings. The maximum atomic E-state index is 2.34. The van der Waals surface area contributed by atoms with Crippen molar-refractivity contribution in [3.8, 4) is 0 Å². The largest absolute Gasteiger partial charge is 0.158 e. The Kier molecular flexibility index (Phi) is 7.61. The first-order chi connectivity index (χ1) is 8.97. The van der Waals surface area contributed by atoms with E-state index in [0.717, 1.165) is 11.2 Å². The molecular formula is C17H32S. The summed E-state index contributed by atoms with van der Waals surface area (Å²) in [5, 5.41) is 1.01. The average molecular weight is 269 g/mol. The fourth-order valence-corrected chi connectivity index (χ4v) is 5.26. The molecule has 0 bridgehead atoms. The summed E-state index contributed by atoms with van der Waals surface area (Å²) in [6.07, 6.45) is 21.1. The first kappa shape index (κ1) is 14.8. The van der Waals surface area contributed by atoms with Crippen molar-refractivity contribution in [2.24, 2.45) is 5.92 Å². The Bertz CT molecular complexity index is 160. The van der Waals surface area contributed by atoms with Crippen molar-refractivity contribution in [1.29, 1.82) is 0 Å². The van der Waals surface area contributed by atoms with Crippen LogP contribution in [0.1, 0.15) is 89.9 Å². The van der Waals surface area contributed by atoms with Gasteiger partial charge in [0, 0.05) is 5.25 Å². The summed E-state index contributed by atoms with van der Waals surface area (Å²) in [7, 11) is 0. The van der Waals surface area contributed by atoms with E-state index < -0.39 is 0 Å². The van der Waals surface area contributed by atoms with Crippen molar-refractivity contribution >= 4 is 11.8 Å². The second-order valence-electron chi connectivity index (χ2n) is 6.42. The Hall–Kier alpha value is 0.350. The molecule has 1 heterocycles. The van der Waals surface area contributed by atoms with Gasteiger partial charge < -0.3 is 0 Å². The van der Waals surface area contributed by atoms with Gasteiger partial charge in [0.2, 0.25) is 0 Å². The number of thioether (sulfide) groups is 1. The van der Waals surface area contributed by atoms with E-state index in [2.05, 4.69) is 11.8 Å². The van der Waals surface area contributed by atoms with E-state index in [1.807, 2.05) is 0 Å². The fourth-order valence-electron chi connectivity index (χ4n) is 3.70. The number of hydrogen-bond donors (Lipinski definition) is 0. The average Bonchev–Trinajstić information content (AvgIpc) is 2.61. The molecule has 0 aromatic carbocycles. The van der Waals surface area contributed by atoms with Gasteiger partial charge in [-0.1, -0.05) is 64.2 Å². The Labute approximate surface area is 119 Å². The molecule has 0 spiro atoms. The van der Waals surface area contributed by atoms with Gasteiger partial charge in [-0.3, -0.25) is 0 Å². The highest BCUT2D eigenvalue weighted by Crippen LogP contribution is 2.35. The van der Waals surface area contributed by atoms with Gasteiger partial charge in [-0.15, -0.1) is 0 Å². The predicted molar refractivity (Wildman–Crippen MR) is 84.4 cm³/mol. The zero-order chi connectivity index (χ0) is 12.5. The fraction of sp³-hybridized carbons (Fsp3) is 1.00. The van der Waals surface area contributed by atoms with Gasteiger partial charge in [0.15, 0.2) is 0 Å². The third-order valence-electron chi connectivity index (χ3n) is 4.89. The van der Waals surface area contributed by atoms with Crippen molar-refractivity contribution in [2.75, 3.05) is 5.75 Å². The SMILES string of the molecule is C1CCCCC(C2CCCCCCCS2)CCC1. The number of rotatable bonds is 1. The summed E-state index contributed by atoms with van der Waals surface area (Å²) in [6.45, 7) is 0. The molecule has 1 aliphatic heterocycles. The van der Waals surface area contributed by atoms with Gasteiger partial charge in [-0.2, -0.15) is 11.8 Å². The minimum Gasteiger partial charge on any atom is -0.158 e. The molecule has 0 nitrogen and oxygen atoms in total. The molecule has 106 valence electrons. The van der Waals surface area contributed by atoms with Crippen LogP contribution in [0.25, 0.3) is 0 Å². The van der Waals surface area contributed by atoms with Gasteiger partial charge >= 0.3 is 0 Å². The molecule has 2 fully saturated rings. The predicted octanol–water partition coefficient (Wildman–Crippen LogP) is 6.19. The maximum Gasteiger partial charge on any atom is 0.00753 e. The normalized spacial score (nSPS) is 30.3. The minimum atomic E-state index is 1.01. The van der Waals surface area contributed by atoms with Gasteiger partial charge in [0.25, 0.3) is 0 Å². The van der Waals surface area contributed by atoms with Crippen LogP contribution in [-0.2, 0) is 0 Å². The van der Waals surface area contributed by atoms with E-state index in [0.29, 0.717) is 0 Å². The van der Waals surface area contributed by atoms with Gasteiger partial charge in [-0.05, 0) is 37.4 Å². The van der Waals surface area contributed by atoms with Crippen LogP contribution in [0.4, 0.5) is 0 Å². The Morgan fingerprint density at radius 3 is 1.67 bits per heavy atom. The molecule has 0 radical (unpaired) electrons. The van der Waals surface area contributed by atoms with Gasteiger partial charge in [0.1, 0.15) is 0 Å². The molecule has 1 unspecified atom stereocenters. The highest BCUT2D eigenvalue weighted by atomic mass is 32.2. The summed E-state index contributed by atoms with van der Waals surface area (Å²) in [6, 6.07) is 0. The first-order valence-electron chi connectivity index (χ1n) is 8.58. The second kappa shape index (κ2) is 9.28. The highest BCUT2D eigenvalue weighted by molar-refractivity contribution is 7.99. The van der Waals surface area contributed by atoms with Gasteiger partial charge in [0.05, 0.1) is 0 Å². The highest BCUT2D eigenvalue weighted by Gasteiger charge is 2.22. The first-order valence-corrected chi connectivity index (χ1v) is 9.63. The van der Waals surface area contributed by atoms with E-state index in [4.69, 9.17) is 0 Å². The summed E-state index contributed by atoms with van der Waals surface area (Å²) >= 11 is 2.34. The van der Waals surface area contributed by atoms with Crippen molar-refractivity contribution in [1.82, 2.24) is 0 Å². The lowest BCUT2D eigenvalue weighted by Gasteiger charge is -2.26. The number of hydrogen-bond acceptors (Lipinski definition) is 1. The van der Waals surface area contributed by atoms with Crippen LogP contribution >= 0.6 is 11.8 Å². The quantitative estimate of drug-likeness (QED) is 0.546. The molecule has 2 rings (SSSR count). The summed E-state index contributed by atoms with van der Waals surface area (Å²) in [4.78, 5) is 0. The topological polar surface area (TPSA) is 0 Å². The lowest BCUT2D eigenvalue weighted by molar-refractivity contribution is 0.394. The Morgan fingerprint density at radius 2 is 1.00 bits per heavy atom. The lowest BCUT2D eigenvalue weighted by atomic mass is 9.90. The molecule has 1 aliphatic carbocycles. The summed E-state index contributed by atoms with van der Waals surface area (Å²) < 4.78 is 0. The van der Waals surface area contributed by atoms with Crippen LogP contribution in [0.3, 0.4) is 0 Å². The van der Waals surface area contributed by atoms with Gasteiger partial charge in [-0.25, -0.2) is 0 Å². The molecule has 0 aromatic rings. The van der Waals surface area contributed by atoms with E-state index in [9.17, 15) is 0 Å². The summed E-state index contributed by atoms with van der Waals surface area (Å²) in [5.74, 6) is 2.51. The standard InChI is InChI=1S/C17H32S/c1-2-5-9-13-16(12-8-4-1)17-14-10-6-3-7-11-15-18-17/h16-17H,1-15H2. The van der Waals surface area contributed by atoms with E-state index in [-0.39, 0.29) is 0 Å². The van der Waals surface area contributed by atoms with Crippen LogP contribution in [0.5, 0.6) is 0 Å². The smallest absolute Gasteiger partial charge is 0.00753 e. The zero-order valence-corrected chi connectivity index (χ0v) is 13.0. The third-order valence-corrected chi connectivity index (χ3v) is 6.46. The van der Waals surface area contributed by atoms with Crippen molar-refractivity contribution in [3.05, 3.63) is 0 Å². The molecule has 0 amide bonds.